The lowest BCUT2D eigenvalue weighted by atomic mass is 10.1. The third kappa shape index (κ3) is 2.72. The number of ether oxygens (including phenoxy) is 1. The van der Waals surface area contributed by atoms with Crippen molar-refractivity contribution in [3.8, 4) is 5.75 Å². The van der Waals surface area contributed by atoms with Gasteiger partial charge in [0, 0.05) is 17.9 Å². The average Bonchev–Trinajstić information content (AvgIpc) is 2.84. The zero-order chi connectivity index (χ0) is 13.9. The topological polar surface area (TPSA) is 38.5 Å². The minimum atomic E-state index is 0.692. The minimum Gasteiger partial charge on any atom is -0.492 e. The fourth-order valence-electron chi connectivity index (χ4n) is 2.60. The minimum absolute atomic E-state index is 0.692. The van der Waals surface area contributed by atoms with E-state index in [0.29, 0.717) is 6.61 Å². The Kier molecular flexibility index (Phi) is 3.50. The normalized spacial score (nSPS) is 13.3. The number of nitrogens with zero attached hydrogens (tertiary/aromatic N) is 1. The number of nitrogen functional groups attached to an aromatic ring is 1. The Morgan fingerprint density at radius 1 is 1.15 bits per heavy atom. The SMILES string of the molecule is Cc1ccc(OCCN2CCc3ccc(N)cc32)cc1. The smallest absolute Gasteiger partial charge is 0.119 e. The summed E-state index contributed by atoms with van der Waals surface area (Å²) in [6.45, 7) is 4.72. The van der Waals surface area contributed by atoms with Crippen molar-refractivity contribution < 1.29 is 4.74 Å². The van der Waals surface area contributed by atoms with E-state index in [1.807, 2.05) is 18.2 Å². The largest absolute Gasteiger partial charge is 0.492 e. The molecule has 2 N–H and O–H groups in total. The van der Waals surface area contributed by atoms with Crippen molar-refractivity contribution in [2.75, 3.05) is 30.3 Å². The number of nitrogens with two attached hydrogens (primary N) is 1. The summed E-state index contributed by atoms with van der Waals surface area (Å²) in [5.41, 5.74) is 10.6. The van der Waals surface area contributed by atoms with Crippen LogP contribution in [0.2, 0.25) is 0 Å². The Hall–Kier alpha value is -2.16. The highest BCUT2D eigenvalue weighted by Gasteiger charge is 2.18. The third-order valence-electron chi connectivity index (χ3n) is 3.75. The van der Waals surface area contributed by atoms with Crippen molar-refractivity contribution in [1.82, 2.24) is 0 Å². The van der Waals surface area contributed by atoms with Crippen molar-refractivity contribution in [1.29, 1.82) is 0 Å². The summed E-state index contributed by atoms with van der Waals surface area (Å²) in [5, 5.41) is 0. The first-order valence-corrected chi connectivity index (χ1v) is 7.05. The molecule has 1 aliphatic rings. The predicted octanol–water partition coefficient (Wildman–Crippen LogP) is 3.02. The molecule has 3 rings (SSSR count). The molecule has 0 aromatic heterocycles. The van der Waals surface area contributed by atoms with Gasteiger partial charge < -0.3 is 15.4 Å². The number of fused-ring (bicyclic) bond motifs is 1. The Balaban J connectivity index is 1.58. The van der Waals surface area contributed by atoms with Crippen LogP contribution in [0.3, 0.4) is 0 Å². The van der Waals surface area contributed by atoms with Crippen LogP contribution in [0.4, 0.5) is 11.4 Å². The van der Waals surface area contributed by atoms with Crippen molar-refractivity contribution in [2.24, 2.45) is 0 Å². The molecule has 0 saturated heterocycles. The van der Waals surface area contributed by atoms with Crippen molar-refractivity contribution >= 4 is 11.4 Å². The van der Waals surface area contributed by atoms with Gasteiger partial charge in [0.15, 0.2) is 0 Å². The van der Waals surface area contributed by atoms with E-state index in [1.165, 1.54) is 16.8 Å². The van der Waals surface area contributed by atoms with Crippen molar-refractivity contribution in [2.45, 2.75) is 13.3 Å². The van der Waals surface area contributed by atoms with Gasteiger partial charge in [-0.25, -0.2) is 0 Å². The molecule has 1 aliphatic heterocycles. The van der Waals surface area contributed by atoms with Crippen LogP contribution in [-0.4, -0.2) is 19.7 Å². The molecular formula is C17H20N2O. The van der Waals surface area contributed by atoms with Crippen LogP contribution in [0, 0.1) is 6.92 Å². The zero-order valence-corrected chi connectivity index (χ0v) is 11.8. The number of aryl methyl sites for hydroxylation is 1. The molecule has 2 aromatic rings. The number of rotatable bonds is 4. The van der Waals surface area contributed by atoms with E-state index in [0.717, 1.165) is 30.9 Å². The zero-order valence-electron chi connectivity index (χ0n) is 11.8. The Labute approximate surface area is 120 Å². The van der Waals surface area contributed by atoms with Crippen molar-refractivity contribution in [3.05, 3.63) is 53.6 Å². The molecule has 1 heterocycles. The first-order chi connectivity index (χ1) is 9.72. The number of anilines is 2. The lowest BCUT2D eigenvalue weighted by Gasteiger charge is -2.19. The molecule has 3 heteroatoms. The first-order valence-electron chi connectivity index (χ1n) is 7.05. The van der Waals surface area contributed by atoms with E-state index < -0.39 is 0 Å². The maximum absolute atomic E-state index is 5.87. The summed E-state index contributed by atoms with van der Waals surface area (Å²) < 4.78 is 5.80. The number of hydrogen-bond donors (Lipinski definition) is 1. The molecule has 0 amide bonds. The van der Waals surface area contributed by atoms with Crippen LogP contribution in [-0.2, 0) is 6.42 Å². The van der Waals surface area contributed by atoms with E-state index in [9.17, 15) is 0 Å². The lowest BCUT2D eigenvalue weighted by molar-refractivity contribution is 0.324. The van der Waals surface area contributed by atoms with Crippen LogP contribution in [0.5, 0.6) is 5.75 Å². The van der Waals surface area contributed by atoms with Crippen LogP contribution < -0.4 is 15.4 Å². The maximum Gasteiger partial charge on any atom is 0.119 e. The van der Waals surface area contributed by atoms with Crippen LogP contribution >= 0.6 is 0 Å². The summed E-state index contributed by atoms with van der Waals surface area (Å²) >= 11 is 0. The van der Waals surface area contributed by atoms with Gasteiger partial charge in [0.2, 0.25) is 0 Å². The maximum atomic E-state index is 5.87. The van der Waals surface area contributed by atoms with Crippen LogP contribution in [0.1, 0.15) is 11.1 Å². The molecule has 20 heavy (non-hydrogen) atoms. The molecule has 0 bridgehead atoms. The van der Waals surface area contributed by atoms with E-state index >= 15 is 0 Å². The van der Waals surface area contributed by atoms with Gasteiger partial charge in [0.05, 0.1) is 6.54 Å². The van der Waals surface area contributed by atoms with Gasteiger partial charge in [-0.1, -0.05) is 23.8 Å². The molecule has 0 atom stereocenters. The van der Waals surface area contributed by atoms with Gasteiger partial charge in [-0.05, 0) is 43.2 Å². The summed E-state index contributed by atoms with van der Waals surface area (Å²) in [7, 11) is 0. The van der Waals surface area contributed by atoms with Gasteiger partial charge in [0.25, 0.3) is 0 Å². The first kappa shape index (κ1) is 12.9. The molecule has 0 spiro atoms. The van der Waals surface area contributed by atoms with E-state index in [2.05, 4.69) is 36.1 Å². The summed E-state index contributed by atoms with van der Waals surface area (Å²) in [4.78, 5) is 2.35. The van der Waals surface area contributed by atoms with E-state index in [4.69, 9.17) is 10.5 Å². The third-order valence-corrected chi connectivity index (χ3v) is 3.75. The molecule has 2 aromatic carbocycles. The van der Waals surface area contributed by atoms with Gasteiger partial charge in [-0.3, -0.25) is 0 Å². The molecule has 104 valence electrons. The second-order valence-electron chi connectivity index (χ2n) is 5.29. The summed E-state index contributed by atoms with van der Waals surface area (Å²) in [6.07, 6.45) is 1.10. The van der Waals surface area contributed by atoms with Crippen LogP contribution in [0.15, 0.2) is 42.5 Å². The fraction of sp³-hybridized carbons (Fsp3) is 0.294. The summed E-state index contributed by atoms with van der Waals surface area (Å²) in [6, 6.07) is 14.4. The van der Waals surface area contributed by atoms with E-state index in [-0.39, 0.29) is 0 Å². The monoisotopic (exact) mass is 268 g/mol. The van der Waals surface area contributed by atoms with Gasteiger partial charge in [-0.15, -0.1) is 0 Å². The Morgan fingerprint density at radius 3 is 2.75 bits per heavy atom. The number of hydrogen-bond acceptors (Lipinski definition) is 3. The highest BCUT2D eigenvalue weighted by Crippen LogP contribution is 2.29. The predicted molar refractivity (Wildman–Crippen MR) is 83.4 cm³/mol. The highest BCUT2D eigenvalue weighted by atomic mass is 16.5. The summed E-state index contributed by atoms with van der Waals surface area (Å²) in [5.74, 6) is 0.933. The second kappa shape index (κ2) is 5.45. The number of benzene rings is 2. The molecule has 0 fully saturated rings. The molecular weight excluding hydrogens is 248 g/mol. The Bertz CT molecular complexity index is 592. The van der Waals surface area contributed by atoms with Crippen molar-refractivity contribution in [3.63, 3.8) is 0 Å². The standard InChI is InChI=1S/C17H20N2O/c1-13-2-6-16(7-3-13)20-11-10-19-9-8-14-4-5-15(18)12-17(14)19/h2-7,12H,8-11,18H2,1H3. The van der Waals surface area contributed by atoms with E-state index in [1.54, 1.807) is 0 Å². The molecule has 0 radical (unpaired) electrons. The van der Waals surface area contributed by atoms with Gasteiger partial charge in [0.1, 0.15) is 12.4 Å². The molecule has 3 nitrogen and oxygen atoms in total. The Morgan fingerprint density at radius 2 is 1.95 bits per heavy atom. The lowest BCUT2D eigenvalue weighted by Crippen LogP contribution is -2.26. The quantitative estimate of drug-likeness (QED) is 0.866. The second-order valence-corrected chi connectivity index (χ2v) is 5.29. The van der Waals surface area contributed by atoms with Crippen LogP contribution in [0.25, 0.3) is 0 Å². The highest BCUT2D eigenvalue weighted by molar-refractivity contribution is 5.64. The molecule has 0 unspecified atom stereocenters. The molecule has 0 aliphatic carbocycles. The van der Waals surface area contributed by atoms with Gasteiger partial charge in [-0.2, -0.15) is 0 Å². The fourth-order valence-corrected chi connectivity index (χ4v) is 2.60. The molecule has 0 saturated carbocycles. The average molecular weight is 268 g/mol. The van der Waals surface area contributed by atoms with Gasteiger partial charge >= 0.3 is 0 Å².